The van der Waals surface area contributed by atoms with Crippen LogP contribution in [-0.2, 0) is 9.53 Å². The van der Waals surface area contributed by atoms with Crippen molar-refractivity contribution in [3.63, 3.8) is 0 Å². The molecule has 1 saturated carbocycles. The van der Waals surface area contributed by atoms with Gasteiger partial charge in [-0.25, -0.2) is 4.79 Å². The first-order valence-electron chi connectivity index (χ1n) is 6.71. The van der Waals surface area contributed by atoms with Crippen LogP contribution in [0.5, 0.6) is 0 Å². The van der Waals surface area contributed by atoms with Crippen molar-refractivity contribution in [2.24, 2.45) is 11.5 Å². The lowest BCUT2D eigenvalue weighted by molar-refractivity contribution is -0.168. The van der Waals surface area contributed by atoms with E-state index in [2.05, 4.69) is 5.32 Å². The van der Waals surface area contributed by atoms with E-state index in [9.17, 15) is 4.79 Å². The maximum absolute atomic E-state index is 12.4. The van der Waals surface area contributed by atoms with Crippen molar-refractivity contribution in [2.45, 2.75) is 69.7 Å². The normalized spacial score (nSPS) is 25.2. The largest absolute Gasteiger partial charge is 0.458 e. The van der Waals surface area contributed by atoms with Gasteiger partial charge in [0.05, 0.1) is 5.66 Å². The molecule has 1 aliphatic carbocycles. The molecule has 5 nitrogen and oxygen atoms in total. The number of hydrogen-bond donors (Lipinski definition) is 3. The van der Waals surface area contributed by atoms with E-state index in [0.29, 0.717) is 6.42 Å². The number of nitrogens with two attached hydrogens (primary N) is 2. The van der Waals surface area contributed by atoms with Crippen molar-refractivity contribution in [2.75, 3.05) is 7.05 Å². The Bertz CT molecular complexity index is 311. The first kappa shape index (κ1) is 15.4. The summed E-state index contributed by atoms with van der Waals surface area (Å²) in [4.78, 5) is 12.4. The number of carbonyl (C=O) groups is 1. The third-order valence-corrected chi connectivity index (χ3v) is 4.37. The molecule has 0 amide bonds. The third kappa shape index (κ3) is 2.68. The van der Waals surface area contributed by atoms with E-state index in [-0.39, 0.29) is 5.60 Å². The Morgan fingerprint density at radius 3 is 2.28 bits per heavy atom. The molecule has 106 valence electrons. The summed E-state index contributed by atoms with van der Waals surface area (Å²) >= 11 is 0. The Kier molecular flexibility index (Phi) is 4.41. The van der Waals surface area contributed by atoms with E-state index in [0.717, 1.165) is 25.7 Å². The van der Waals surface area contributed by atoms with E-state index >= 15 is 0 Å². The van der Waals surface area contributed by atoms with Gasteiger partial charge in [0.1, 0.15) is 11.1 Å². The van der Waals surface area contributed by atoms with Crippen molar-refractivity contribution >= 4 is 5.97 Å². The zero-order valence-electron chi connectivity index (χ0n) is 12.0. The maximum Gasteiger partial charge on any atom is 0.329 e. The lowest BCUT2D eigenvalue weighted by atomic mass is 9.83. The fraction of sp³-hybridized carbons (Fsp3) is 0.923. The number of rotatable bonds is 5. The van der Waals surface area contributed by atoms with E-state index in [1.165, 1.54) is 0 Å². The molecule has 0 radical (unpaired) electrons. The van der Waals surface area contributed by atoms with Crippen LogP contribution in [-0.4, -0.2) is 29.8 Å². The highest BCUT2D eigenvalue weighted by Crippen LogP contribution is 2.34. The van der Waals surface area contributed by atoms with Gasteiger partial charge in [-0.2, -0.15) is 0 Å². The molecule has 5 N–H and O–H groups in total. The molecule has 0 aromatic carbocycles. The van der Waals surface area contributed by atoms with E-state index in [1.807, 2.05) is 13.8 Å². The van der Waals surface area contributed by atoms with Gasteiger partial charge in [0.25, 0.3) is 0 Å². The molecule has 2 atom stereocenters. The zero-order chi connectivity index (χ0) is 14.0. The number of carbonyl (C=O) groups excluding carboxylic acids is 1. The van der Waals surface area contributed by atoms with Gasteiger partial charge >= 0.3 is 5.97 Å². The number of hydrogen-bond acceptors (Lipinski definition) is 5. The minimum Gasteiger partial charge on any atom is -0.458 e. The quantitative estimate of drug-likeness (QED) is 0.502. The average Bonchev–Trinajstić information content (AvgIpc) is 2.74. The maximum atomic E-state index is 12.4. The molecule has 0 heterocycles. The van der Waals surface area contributed by atoms with Crippen LogP contribution in [0.4, 0.5) is 0 Å². The van der Waals surface area contributed by atoms with E-state index < -0.39 is 17.2 Å². The van der Waals surface area contributed by atoms with Gasteiger partial charge < -0.3 is 21.5 Å². The first-order valence-corrected chi connectivity index (χ1v) is 6.71. The van der Waals surface area contributed by atoms with Crippen molar-refractivity contribution in [1.29, 1.82) is 0 Å². The second-order valence-corrected chi connectivity index (χ2v) is 5.82. The monoisotopic (exact) mass is 257 g/mol. The van der Waals surface area contributed by atoms with Gasteiger partial charge in [0, 0.05) is 0 Å². The summed E-state index contributed by atoms with van der Waals surface area (Å²) in [7, 11) is 1.70. The van der Waals surface area contributed by atoms with Gasteiger partial charge in [-0.05, 0) is 53.0 Å². The molecule has 0 aromatic rings. The molecule has 1 rings (SSSR count). The highest BCUT2D eigenvalue weighted by molar-refractivity contribution is 5.82. The number of likely N-dealkylation sites (N-methyl/N-ethyl adjacent to an activating group) is 1. The third-order valence-electron chi connectivity index (χ3n) is 4.37. The summed E-state index contributed by atoms with van der Waals surface area (Å²) in [6.07, 6.45) is 4.42. The van der Waals surface area contributed by atoms with Crippen LogP contribution in [0.15, 0.2) is 0 Å². The zero-order valence-corrected chi connectivity index (χ0v) is 12.0. The summed E-state index contributed by atoms with van der Waals surface area (Å²) in [5.41, 5.74) is 9.71. The minimum absolute atomic E-state index is 0.374. The second kappa shape index (κ2) is 5.15. The van der Waals surface area contributed by atoms with Crippen LogP contribution < -0.4 is 16.8 Å². The summed E-state index contributed by atoms with van der Waals surface area (Å²) in [6, 6.07) is 0. The second-order valence-electron chi connectivity index (χ2n) is 5.82. The number of nitrogens with one attached hydrogen (secondary N) is 1. The van der Waals surface area contributed by atoms with Crippen LogP contribution in [0.25, 0.3) is 0 Å². The molecule has 0 saturated heterocycles. The average molecular weight is 257 g/mol. The minimum atomic E-state index is -1.21. The smallest absolute Gasteiger partial charge is 0.329 e. The Labute approximate surface area is 110 Å². The van der Waals surface area contributed by atoms with Gasteiger partial charge in [-0.3, -0.25) is 0 Å². The highest BCUT2D eigenvalue weighted by atomic mass is 16.6. The van der Waals surface area contributed by atoms with Gasteiger partial charge in [-0.1, -0.05) is 6.92 Å². The number of ether oxygens (including phenoxy) is 1. The van der Waals surface area contributed by atoms with Crippen LogP contribution >= 0.6 is 0 Å². The molecule has 0 bridgehead atoms. The molecular weight excluding hydrogens is 230 g/mol. The topological polar surface area (TPSA) is 90.4 Å². The predicted molar refractivity (Wildman–Crippen MR) is 71.8 cm³/mol. The van der Waals surface area contributed by atoms with Crippen LogP contribution in [0.3, 0.4) is 0 Å². The highest BCUT2D eigenvalue weighted by Gasteiger charge is 2.50. The molecule has 0 aromatic heterocycles. The molecule has 0 spiro atoms. The van der Waals surface area contributed by atoms with Crippen molar-refractivity contribution in [3.8, 4) is 0 Å². The number of esters is 1. The molecule has 1 aliphatic rings. The molecule has 1 fully saturated rings. The lowest BCUT2D eigenvalue weighted by Gasteiger charge is -2.42. The Balaban J connectivity index is 2.85. The van der Waals surface area contributed by atoms with Gasteiger partial charge in [0.2, 0.25) is 0 Å². The molecule has 5 heteroatoms. The van der Waals surface area contributed by atoms with Crippen LogP contribution in [0.2, 0.25) is 0 Å². The predicted octanol–water partition coefficient (Wildman–Crippen LogP) is 0.864. The Hall–Kier alpha value is -0.650. The molecule has 0 aliphatic heterocycles. The molecule has 2 unspecified atom stereocenters. The first-order chi connectivity index (χ1) is 8.21. The molecule has 18 heavy (non-hydrogen) atoms. The summed E-state index contributed by atoms with van der Waals surface area (Å²) in [6.45, 7) is 5.54. The summed E-state index contributed by atoms with van der Waals surface area (Å²) in [5.74, 6) is -0.409. The van der Waals surface area contributed by atoms with Gasteiger partial charge in [0.15, 0.2) is 0 Å². The van der Waals surface area contributed by atoms with Gasteiger partial charge in [-0.15, -0.1) is 0 Å². The summed E-state index contributed by atoms with van der Waals surface area (Å²) in [5, 5.41) is 2.90. The lowest BCUT2D eigenvalue weighted by Crippen LogP contribution is -2.74. The fourth-order valence-corrected chi connectivity index (χ4v) is 2.49. The fourth-order valence-electron chi connectivity index (χ4n) is 2.49. The van der Waals surface area contributed by atoms with Crippen molar-refractivity contribution < 1.29 is 9.53 Å². The van der Waals surface area contributed by atoms with E-state index in [4.69, 9.17) is 16.2 Å². The SMILES string of the molecule is CCC(N)(C(=O)OC1(C)CCCC1)C(C)(N)NC. The van der Waals surface area contributed by atoms with Crippen molar-refractivity contribution in [1.82, 2.24) is 5.32 Å². The Morgan fingerprint density at radius 1 is 1.39 bits per heavy atom. The summed E-state index contributed by atoms with van der Waals surface area (Å²) < 4.78 is 5.66. The standard InChI is InChI=1S/C13H27N3O2/c1-5-13(15,12(3,14)16-4)10(17)18-11(2)8-6-7-9-11/h16H,5-9,14-15H2,1-4H3. The van der Waals surface area contributed by atoms with E-state index in [1.54, 1.807) is 14.0 Å². The molecular formula is C13H27N3O2. The Morgan fingerprint density at radius 2 is 1.89 bits per heavy atom. The van der Waals surface area contributed by atoms with Crippen LogP contribution in [0.1, 0.15) is 52.9 Å². The van der Waals surface area contributed by atoms with Crippen molar-refractivity contribution in [3.05, 3.63) is 0 Å². The van der Waals surface area contributed by atoms with Crippen LogP contribution in [0, 0.1) is 0 Å².